The van der Waals surface area contributed by atoms with Gasteiger partial charge < -0.3 is 0 Å². The number of allylic oxidation sites excluding steroid dienone is 1. The zero-order valence-electron chi connectivity index (χ0n) is 6.97. The Morgan fingerprint density at radius 1 is 1.55 bits per heavy atom. The summed E-state index contributed by atoms with van der Waals surface area (Å²) in [6.07, 6.45) is 6.51. The molecule has 4 radical (unpaired) electrons. The quantitative estimate of drug-likeness (QED) is 0.531. The molecule has 0 saturated heterocycles. The average molecular weight is 150 g/mol. The molecule has 0 unspecified atom stereocenters. The average Bonchev–Trinajstić information content (AvgIpc) is 2.04. The van der Waals surface area contributed by atoms with Crippen LogP contribution < -0.4 is 0 Å². The van der Waals surface area contributed by atoms with Gasteiger partial charge >= 0.3 is 0 Å². The van der Waals surface area contributed by atoms with E-state index in [1.54, 1.807) is 0 Å². The van der Waals surface area contributed by atoms with Gasteiger partial charge in [-0.15, -0.1) is 0 Å². The highest BCUT2D eigenvalue weighted by molar-refractivity contribution is 5.89. The standard InChI is InChI=1S/C10H14O/c1-4-9(3)7-6-8-10(11)5-2/h4-5,7H,2-3,6,8H2,1H3. The molecule has 60 valence electrons. The van der Waals surface area contributed by atoms with E-state index in [1.165, 1.54) is 6.08 Å². The molecule has 11 heavy (non-hydrogen) atoms. The first-order valence-electron chi connectivity index (χ1n) is 3.67. The molecule has 0 spiro atoms. The maximum atomic E-state index is 10.7. The van der Waals surface area contributed by atoms with Crippen LogP contribution in [0.1, 0.15) is 19.8 Å². The second kappa shape index (κ2) is 6.14. The fourth-order valence-corrected chi connectivity index (χ4v) is 0.620. The third kappa shape index (κ3) is 5.84. The molecule has 0 bridgehead atoms. The van der Waals surface area contributed by atoms with Crippen molar-refractivity contribution in [1.29, 1.82) is 0 Å². The molecule has 0 aliphatic carbocycles. The van der Waals surface area contributed by atoms with Gasteiger partial charge in [-0.05, 0) is 38.2 Å². The van der Waals surface area contributed by atoms with Gasteiger partial charge in [0, 0.05) is 6.42 Å². The molecule has 0 saturated carbocycles. The van der Waals surface area contributed by atoms with Gasteiger partial charge in [0.05, 0.1) is 0 Å². The summed E-state index contributed by atoms with van der Waals surface area (Å²) in [4.78, 5) is 10.7. The van der Waals surface area contributed by atoms with Crippen LogP contribution in [0.5, 0.6) is 0 Å². The van der Waals surface area contributed by atoms with Gasteiger partial charge in [0.25, 0.3) is 0 Å². The van der Waals surface area contributed by atoms with Gasteiger partial charge in [0.2, 0.25) is 0 Å². The third-order valence-corrected chi connectivity index (χ3v) is 1.40. The zero-order chi connectivity index (χ0) is 8.69. The van der Waals surface area contributed by atoms with E-state index in [1.807, 2.05) is 19.8 Å². The van der Waals surface area contributed by atoms with Crippen molar-refractivity contribution in [2.75, 3.05) is 0 Å². The Morgan fingerprint density at radius 3 is 2.64 bits per heavy atom. The van der Waals surface area contributed by atoms with E-state index in [0.29, 0.717) is 6.42 Å². The van der Waals surface area contributed by atoms with E-state index in [0.717, 1.165) is 12.3 Å². The van der Waals surface area contributed by atoms with Gasteiger partial charge in [-0.3, -0.25) is 4.79 Å². The normalized spacial score (nSPS) is 10.1. The van der Waals surface area contributed by atoms with Gasteiger partial charge in [-0.25, -0.2) is 0 Å². The zero-order valence-corrected chi connectivity index (χ0v) is 6.97. The molecule has 0 atom stereocenters. The summed E-state index contributed by atoms with van der Waals surface area (Å²) in [7, 11) is 0. The second-order valence-electron chi connectivity index (χ2n) is 2.28. The van der Waals surface area contributed by atoms with Crippen LogP contribution in [0.3, 0.4) is 0 Å². The highest BCUT2D eigenvalue weighted by Crippen LogP contribution is 2.10. The SMILES string of the molecule is [CH2][C]([CH]C)[CH]CCC(=O)C=C. The summed E-state index contributed by atoms with van der Waals surface area (Å²) in [5.74, 6) is 1.06. The van der Waals surface area contributed by atoms with Crippen molar-refractivity contribution in [3.05, 3.63) is 38.3 Å². The number of carbonyl (C=O) groups is 1. The smallest absolute Gasteiger partial charge is 0.155 e. The largest absolute Gasteiger partial charge is 0.295 e. The lowest BCUT2D eigenvalue weighted by Gasteiger charge is -2.03. The monoisotopic (exact) mass is 150 g/mol. The lowest BCUT2D eigenvalue weighted by atomic mass is 10.0. The van der Waals surface area contributed by atoms with Gasteiger partial charge in [0.1, 0.15) is 0 Å². The number of ketones is 1. The summed E-state index contributed by atoms with van der Waals surface area (Å²) < 4.78 is 0. The summed E-state index contributed by atoms with van der Waals surface area (Å²) >= 11 is 0. The number of carbonyl (C=O) groups excluding carboxylic acids is 1. The fourth-order valence-electron chi connectivity index (χ4n) is 0.620. The van der Waals surface area contributed by atoms with Crippen molar-refractivity contribution in [1.82, 2.24) is 0 Å². The Morgan fingerprint density at radius 2 is 2.18 bits per heavy atom. The Hall–Kier alpha value is -0.590. The molecule has 0 aliphatic rings. The van der Waals surface area contributed by atoms with E-state index in [4.69, 9.17) is 0 Å². The van der Waals surface area contributed by atoms with Crippen LogP contribution in [0.15, 0.2) is 12.7 Å². The minimum Gasteiger partial charge on any atom is -0.295 e. The Balaban J connectivity index is 3.26. The maximum Gasteiger partial charge on any atom is 0.155 e. The lowest BCUT2D eigenvalue weighted by Crippen LogP contribution is -1.96. The van der Waals surface area contributed by atoms with E-state index < -0.39 is 0 Å². The molecule has 1 nitrogen and oxygen atoms in total. The van der Waals surface area contributed by atoms with Crippen molar-refractivity contribution in [2.45, 2.75) is 19.8 Å². The molecule has 0 heterocycles. The van der Waals surface area contributed by atoms with Gasteiger partial charge in [-0.1, -0.05) is 13.5 Å². The third-order valence-electron chi connectivity index (χ3n) is 1.40. The summed E-state index contributed by atoms with van der Waals surface area (Å²) in [5, 5.41) is 0. The van der Waals surface area contributed by atoms with Crippen LogP contribution in [0.25, 0.3) is 0 Å². The molecular formula is C10H14O. The minimum atomic E-state index is 0.0881. The van der Waals surface area contributed by atoms with Crippen LogP contribution >= 0.6 is 0 Å². The Kier molecular flexibility index (Phi) is 5.81. The fraction of sp³-hybridized carbons (Fsp3) is 0.300. The van der Waals surface area contributed by atoms with E-state index in [-0.39, 0.29) is 5.78 Å². The van der Waals surface area contributed by atoms with Crippen molar-refractivity contribution in [3.8, 4) is 0 Å². The summed E-state index contributed by atoms with van der Waals surface area (Å²) in [6.45, 7) is 9.06. The van der Waals surface area contributed by atoms with Crippen LogP contribution in [0, 0.1) is 25.7 Å². The molecule has 0 aromatic heterocycles. The highest BCUT2D eigenvalue weighted by Gasteiger charge is 2.01. The minimum absolute atomic E-state index is 0.0881. The Labute approximate surface area is 69.5 Å². The Bertz CT molecular complexity index is 127. The highest BCUT2D eigenvalue weighted by atomic mass is 16.1. The first-order chi connectivity index (χ1) is 5.20. The molecule has 0 rings (SSSR count). The van der Waals surface area contributed by atoms with Crippen molar-refractivity contribution >= 4 is 5.78 Å². The van der Waals surface area contributed by atoms with Gasteiger partial charge in [0.15, 0.2) is 5.78 Å². The van der Waals surface area contributed by atoms with Crippen LogP contribution in [0.4, 0.5) is 0 Å². The number of rotatable bonds is 6. The molecule has 0 aromatic rings. The van der Waals surface area contributed by atoms with E-state index in [9.17, 15) is 4.79 Å². The predicted molar refractivity (Wildman–Crippen MR) is 47.3 cm³/mol. The van der Waals surface area contributed by atoms with Crippen LogP contribution in [-0.2, 0) is 4.79 Å². The first-order valence-corrected chi connectivity index (χ1v) is 3.67. The van der Waals surface area contributed by atoms with Crippen LogP contribution in [0.2, 0.25) is 0 Å². The predicted octanol–water partition coefficient (Wildman–Crippen LogP) is 2.36. The van der Waals surface area contributed by atoms with Crippen molar-refractivity contribution in [2.24, 2.45) is 0 Å². The molecule has 0 aromatic carbocycles. The molecule has 1 heteroatoms. The maximum absolute atomic E-state index is 10.7. The topological polar surface area (TPSA) is 17.1 Å². The first kappa shape index (κ1) is 10.4. The molecule has 0 fully saturated rings. The van der Waals surface area contributed by atoms with Gasteiger partial charge in [-0.2, -0.15) is 0 Å². The lowest BCUT2D eigenvalue weighted by molar-refractivity contribution is -0.114. The summed E-state index contributed by atoms with van der Waals surface area (Å²) in [5.41, 5.74) is 0. The molecule has 0 N–H and O–H groups in total. The number of hydrogen-bond donors (Lipinski definition) is 0. The number of hydrogen-bond acceptors (Lipinski definition) is 1. The van der Waals surface area contributed by atoms with Crippen molar-refractivity contribution < 1.29 is 4.79 Å². The molecule has 0 amide bonds. The summed E-state index contributed by atoms with van der Waals surface area (Å²) in [6, 6.07) is 0. The second-order valence-corrected chi connectivity index (χ2v) is 2.28. The molecule has 0 aliphatic heterocycles. The van der Waals surface area contributed by atoms with E-state index >= 15 is 0 Å². The van der Waals surface area contributed by atoms with E-state index in [2.05, 4.69) is 13.5 Å². The molecular weight excluding hydrogens is 136 g/mol. The van der Waals surface area contributed by atoms with Crippen molar-refractivity contribution in [3.63, 3.8) is 0 Å². The van der Waals surface area contributed by atoms with Crippen LogP contribution in [-0.4, -0.2) is 5.78 Å².